The first-order valence-electron chi connectivity index (χ1n) is 5.09. The van der Waals surface area contributed by atoms with Crippen LogP contribution in [0.4, 0.5) is 13.2 Å². The number of ketones is 1. The van der Waals surface area contributed by atoms with Gasteiger partial charge in [0.2, 0.25) is 0 Å². The van der Waals surface area contributed by atoms with Crippen LogP contribution in [0.1, 0.15) is 17.3 Å². The summed E-state index contributed by atoms with van der Waals surface area (Å²) in [6, 6.07) is 4.30. The zero-order chi connectivity index (χ0) is 14.8. The van der Waals surface area contributed by atoms with Crippen LogP contribution in [0.25, 0.3) is 0 Å². The van der Waals surface area contributed by atoms with Crippen molar-refractivity contribution in [3.8, 4) is 5.75 Å². The predicted octanol–water partition coefficient (Wildman–Crippen LogP) is 2.20. The van der Waals surface area contributed by atoms with E-state index in [-0.39, 0.29) is 5.56 Å². The van der Waals surface area contributed by atoms with Crippen molar-refractivity contribution in [2.45, 2.75) is 18.5 Å². The highest BCUT2D eigenvalue weighted by molar-refractivity contribution is 7.92. The number of hydrogen-bond donors (Lipinski definition) is 0. The number of halogens is 3. The standard InChI is InChI=1S/C11H11F3O4S/c1-7(19(2,16)17)10(15)8-4-3-5-9(6-8)18-11(12,13)14/h3-7H,1-2H3. The van der Waals surface area contributed by atoms with Gasteiger partial charge in [-0.3, -0.25) is 4.79 Å². The highest BCUT2D eigenvalue weighted by Gasteiger charge is 2.31. The molecule has 0 saturated heterocycles. The first-order chi connectivity index (χ1) is 8.50. The number of sulfone groups is 1. The Kier molecular flexibility index (Phi) is 4.24. The Balaban J connectivity index is 3.03. The topological polar surface area (TPSA) is 60.4 Å². The SMILES string of the molecule is CC(C(=O)c1cccc(OC(F)(F)F)c1)S(C)(=O)=O. The molecule has 0 saturated carbocycles. The molecule has 1 rings (SSSR count). The number of hydrogen-bond acceptors (Lipinski definition) is 4. The summed E-state index contributed by atoms with van der Waals surface area (Å²) in [5.41, 5.74) is -0.153. The molecule has 1 atom stereocenters. The molecule has 0 aliphatic carbocycles. The minimum absolute atomic E-state index is 0.153. The van der Waals surface area contributed by atoms with Crippen LogP contribution >= 0.6 is 0 Å². The van der Waals surface area contributed by atoms with Crippen molar-refractivity contribution in [2.75, 3.05) is 6.26 Å². The quantitative estimate of drug-likeness (QED) is 0.799. The lowest BCUT2D eigenvalue weighted by Gasteiger charge is -2.11. The lowest BCUT2D eigenvalue weighted by molar-refractivity contribution is -0.274. The Labute approximate surface area is 108 Å². The van der Waals surface area contributed by atoms with Crippen molar-refractivity contribution in [2.24, 2.45) is 0 Å². The van der Waals surface area contributed by atoms with Gasteiger partial charge in [-0.25, -0.2) is 8.42 Å². The minimum atomic E-state index is -4.87. The normalized spacial score (nSPS) is 13.9. The van der Waals surface area contributed by atoms with E-state index >= 15 is 0 Å². The summed E-state index contributed by atoms with van der Waals surface area (Å²) in [6.07, 6.45) is -3.99. The number of benzene rings is 1. The van der Waals surface area contributed by atoms with Gasteiger partial charge in [-0.2, -0.15) is 0 Å². The van der Waals surface area contributed by atoms with Gasteiger partial charge in [0.05, 0.1) is 0 Å². The summed E-state index contributed by atoms with van der Waals surface area (Å²) in [6.45, 7) is 1.18. The second-order valence-electron chi connectivity index (χ2n) is 3.91. The molecule has 0 heterocycles. The summed E-state index contributed by atoms with van der Waals surface area (Å²) >= 11 is 0. The smallest absolute Gasteiger partial charge is 0.406 e. The number of alkyl halides is 3. The van der Waals surface area contributed by atoms with E-state index in [1.807, 2.05) is 0 Å². The van der Waals surface area contributed by atoms with E-state index in [0.717, 1.165) is 18.4 Å². The van der Waals surface area contributed by atoms with Gasteiger partial charge in [-0.1, -0.05) is 12.1 Å². The third-order valence-electron chi connectivity index (χ3n) is 2.36. The van der Waals surface area contributed by atoms with E-state index in [4.69, 9.17) is 0 Å². The van der Waals surface area contributed by atoms with Crippen LogP contribution in [0.15, 0.2) is 24.3 Å². The summed E-state index contributed by atoms with van der Waals surface area (Å²) in [5, 5.41) is -1.33. The molecule has 19 heavy (non-hydrogen) atoms. The van der Waals surface area contributed by atoms with Crippen molar-refractivity contribution in [1.82, 2.24) is 0 Å². The van der Waals surface area contributed by atoms with Crippen molar-refractivity contribution in [1.29, 1.82) is 0 Å². The Morgan fingerprint density at radius 1 is 1.32 bits per heavy atom. The average molecular weight is 296 g/mol. The van der Waals surface area contributed by atoms with Crippen LogP contribution in [-0.2, 0) is 9.84 Å². The fraction of sp³-hybridized carbons (Fsp3) is 0.364. The van der Waals surface area contributed by atoms with Crippen molar-refractivity contribution in [3.63, 3.8) is 0 Å². The van der Waals surface area contributed by atoms with Crippen molar-refractivity contribution >= 4 is 15.6 Å². The number of carbonyl (C=O) groups is 1. The summed E-state index contributed by atoms with van der Waals surface area (Å²) in [4.78, 5) is 11.8. The van der Waals surface area contributed by atoms with Crippen LogP contribution in [-0.4, -0.2) is 32.1 Å². The number of carbonyl (C=O) groups excluding carboxylic acids is 1. The summed E-state index contributed by atoms with van der Waals surface area (Å²) in [5.74, 6) is -1.35. The number of Topliss-reactive ketones (excluding diaryl/α,β-unsaturated/α-hetero) is 1. The van der Waals surface area contributed by atoms with Gasteiger partial charge < -0.3 is 4.74 Å². The molecule has 0 radical (unpaired) electrons. The maximum absolute atomic E-state index is 12.0. The van der Waals surface area contributed by atoms with Gasteiger partial charge >= 0.3 is 6.36 Å². The lowest BCUT2D eigenvalue weighted by Crippen LogP contribution is -2.26. The van der Waals surface area contributed by atoms with E-state index in [9.17, 15) is 26.4 Å². The molecule has 0 aromatic heterocycles. The van der Waals surface area contributed by atoms with Gasteiger partial charge in [-0.05, 0) is 19.1 Å². The first kappa shape index (κ1) is 15.5. The molecule has 0 aliphatic rings. The van der Waals surface area contributed by atoms with Crippen molar-refractivity contribution in [3.05, 3.63) is 29.8 Å². The van der Waals surface area contributed by atoms with Crippen LogP contribution in [0.5, 0.6) is 5.75 Å². The third-order valence-corrected chi connectivity index (χ3v) is 3.86. The maximum atomic E-state index is 12.0. The Hall–Kier alpha value is -1.57. The van der Waals surface area contributed by atoms with Crippen LogP contribution in [0.3, 0.4) is 0 Å². The molecule has 8 heteroatoms. The molecule has 0 amide bonds. The van der Waals surface area contributed by atoms with Crippen LogP contribution in [0.2, 0.25) is 0 Å². The molecule has 106 valence electrons. The molecule has 0 N–H and O–H groups in total. The maximum Gasteiger partial charge on any atom is 0.573 e. The van der Waals surface area contributed by atoms with Gasteiger partial charge in [0.25, 0.3) is 0 Å². The molecule has 0 aliphatic heterocycles. The number of rotatable bonds is 4. The lowest BCUT2D eigenvalue weighted by atomic mass is 10.1. The Morgan fingerprint density at radius 2 is 1.89 bits per heavy atom. The summed E-state index contributed by atoms with van der Waals surface area (Å²) in [7, 11) is -3.61. The third kappa shape index (κ3) is 4.55. The van der Waals surface area contributed by atoms with E-state index in [1.165, 1.54) is 19.1 Å². The number of ether oxygens (including phenoxy) is 1. The summed E-state index contributed by atoms with van der Waals surface area (Å²) < 4.78 is 62.2. The fourth-order valence-electron chi connectivity index (χ4n) is 1.28. The van der Waals surface area contributed by atoms with Crippen molar-refractivity contribution < 1.29 is 31.1 Å². The molecule has 1 unspecified atom stereocenters. The molecular weight excluding hydrogens is 285 g/mol. The zero-order valence-electron chi connectivity index (χ0n) is 10.1. The molecular formula is C11H11F3O4S. The largest absolute Gasteiger partial charge is 0.573 e. The average Bonchev–Trinajstić information content (AvgIpc) is 2.23. The van der Waals surface area contributed by atoms with E-state index in [2.05, 4.69) is 4.74 Å². The van der Waals surface area contributed by atoms with E-state index in [1.54, 1.807) is 0 Å². The molecule has 0 bridgehead atoms. The van der Waals surface area contributed by atoms with Gasteiger partial charge in [0.15, 0.2) is 15.6 Å². The van der Waals surface area contributed by atoms with Gasteiger partial charge in [-0.15, -0.1) is 13.2 Å². The highest BCUT2D eigenvalue weighted by Crippen LogP contribution is 2.24. The van der Waals surface area contributed by atoms with Crippen LogP contribution < -0.4 is 4.74 Å². The predicted molar refractivity (Wildman–Crippen MR) is 61.8 cm³/mol. The minimum Gasteiger partial charge on any atom is -0.406 e. The molecule has 0 fully saturated rings. The molecule has 1 aromatic carbocycles. The van der Waals surface area contributed by atoms with Crippen LogP contribution in [0, 0.1) is 0 Å². The Morgan fingerprint density at radius 3 is 2.37 bits per heavy atom. The van der Waals surface area contributed by atoms with Gasteiger partial charge in [0.1, 0.15) is 11.0 Å². The molecule has 4 nitrogen and oxygen atoms in total. The molecule has 1 aromatic rings. The first-order valence-corrected chi connectivity index (χ1v) is 7.05. The monoisotopic (exact) mass is 296 g/mol. The Bertz CT molecular complexity index is 578. The second kappa shape index (κ2) is 5.20. The highest BCUT2D eigenvalue weighted by atomic mass is 32.2. The second-order valence-corrected chi connectivity index (χ2v) is 6.28. The zero-order valence-corrected chi connectivity index (χ0v) is 10.9. The van der Waals surface area contributed by atoms with E-state index < -0.39 is 33.0 Å². The van der Waals surface area contributed by atoms with Gasteiger partial charge in [0, 0.05) is 11.8 Å². The fourth-order valence-corrected chi connectivity index (χ4v) is 1.80. The molecule has 0 spiro atoms. The van der Waals surface area contributed by atoms with E-state index in [0.29, 0.717) is 0 Å².